The maximum absolute atomic E-state index is 5.57. The second-order valence-corrected chi connectivity index (χ2v) is 3.19. The van der Waals surface area contributed by atoms with E-state index >= 15 is 0 Å². The normalized spacial score (nSPS) is 22.9. The lowest BCUT2D eigenvalue weighted by Gasteiger charge is -2.21. The molecule has 4 heteroatoms. The Kier molecular flexibility index (Phi) is 2.40. The largest absolute Gasteiger partial charge is 0.372 e. The molecule has 0 aromatic carbocycles. The number of nitrogen functional groups attached to an aromatic ring is 1. The van der Waals surface area contributed by atoms with E-state index in [4.69, 9.17) is 10.5 Å². The van der Waals surface area contributed by atoms with Gasteiger partial charge in [-0.25, -0.2) is 9.97 Å². The van der Waals surface area contributed by atoms with Gasteiger partial charge in [0.15, 0.2) is 0 Å². The zero-order valence-electron chi connectivity index (χ0n) is 7.44. The maximum atomic E-state index is 5.57. The lowest BCUT2D eigenvalue weighted by atomic mass is 10.1. The van der Waals surface area contributed by atoms with E-state index in [2.05, 4.69) is 9.97 Å². The predicted octanol–water partition coefficient (Wildman–Crippen LogP) is 1.30. The first kappa shape index (κ1) is 8.44. The minimum Gasteiger partial charge on any atom is -0.372 e. The van der Waals surface area contributed by atoms with Gasteiger partial charge in [-0.2, -0.15) is 0 Å². The van der Waals surface area contributed by atoms with Crippen LogP contribution in [0.15, 0.2) is 12.3 Å². The van der Waals surface area contributed by atoms with Crippen LogP contribution in [0.25, 0.3) is 0 Å². The molecule has 2 N–H and O–H groups in total. The zero-order valence-corrected chi connectivity index (χ0v) is 7.44. The average Bonchev–Trinajstić information content (AvgIpc) is 2.19. The van der Waals surface area contributed by atoms with Gasteiger partial charge in [-0.1, -0.05) is 0 Å². The monoisotopic (exact) mass is 179 g/mol. The van der Waals surface area contributed by atoms with Gasteiger partial charge >= 0.3 is 0 Å². The van der Waals surface area contributed by atoms with E-state index in [1.807, 2.05) is 6.07 Å². The third-order valence-corrected chi connectivity index (χ3v) is 2.21. The molecule has 1 aliphatic rings. The van der Waals surface area contributed by atoms with Crippen molar-refractivity contribution >= 4 is 5.95 Å². The van der Waals surface area contributed by atoms with E-state index < -0.39 is 0 Å². The van der Waals surface area contributed by atoms with Gasteiger partial charge in [-0.05, 0) is 25.3 Å². The Morgan fingerprint density at radius 3 is 3.08 bits per heavy atom. The van der Waals surface area contributed by atoms with E-state index in [0.717, 1.165) is 25.1 Å². The summed E-state index contributed by atoms with van der Waals surface area (Å²) in [5.74, 6) is 0.326. The highest BCUT2D eigenvalue weighted by Gasteiger charge is 2.17. The number of nitrogens with zero attached hydrogens (tertiary/aromatic N) is 2. The van der Waals surface area contributed by atoms with Crippen LogP contribution >= 0.6 is 0 Å². The highest BCUT2D eigenvalue weighted by atomic mass is 16.5. The molecule has 1 aliphatic heterocycles. The standard InChI is InChI=1S/C9H13N3O/c10-9-11-5-4-7(12-9)8-3-1-2-6-13-8/h4-5,8H,1-3,6H2,(H2,10,11,12). The molecule has 0 bridgehead atoms. The van der Waals surface area contributed by atoms with E-state index in [9.17, 15) is 0 Å². The second-order valence-electron chi connectivity index (χ2n) is 3.19. The fourth-order valence-corrected chi connectivity index (χ4v) is 1.54. The number of ether oxygens (including phenoxy) is 1. The average molecular weight is 179 g/mol. The van der Waals surface area contributed by atoms with Gasteiger partial charge in [0.1, 0.15) is 0 Å². The molecule has 1 saturated heterocycles. The van der Waals surface area contributed by atoms with Crippen molar-refractivity contribution in [3.63, 3.8) is 0 Å². The van der Waals surface area contributed by atoms with Crippen LogP contribution in [0.2, 0.25) is 0 Å². The van der Waals surface area contributed by atoms with Crippen molar-refractivity contribution in [1.29, 1.82) is 0 Å². The molecule has 0 spiro atoms. The molecular weight excluding hydrogens is 166 g/mol. The van der Waals surface area contributed by atoms with Gasteiger partial charge in [0.05, 0.1) is 11.8 Å². The van der Waals surface area contributed by atoms with Crippen LogP contribution < -0.4 is 5.73 Å². The molecule has 13 heavy (non-hydrogen) atoms. The van der Waals surface area contributed by atoms with E-state index in [1.165, 1.54) is 6.42 Å². The molecule has 1 atom stereocenters. The van der Waals surface area contributed by atoms with Crippen molar-refractivity contribution in [2.24, 2.45) is 0 Å². The second kappa shape index (κ2) is 3.70. The SMILES string of the molecule is Nc1nccc(C2CCCCO2)n1. The van der Waals surface area contributed by atoms with Gasteiger partial charge in [0.25, 0.3) is 0 Å². The first-order valence-electron chi connectivity index (χ1n) is 4.56. The fraction of sp³-hybridized carbons (Fsp3) is 0.556. The van der Waals surface area contributed by atoms with Crippen LogP contribution in [0.1, 0.15) is 31.1 Å². The van der Waals surface area contributed by atoms with Crippen molar-refractivity contribution in [1.82, 2.24) is 9.97 Å². The summed E-state index contributed by atoms with van der Waals surface area (Å²) in [6.07, 6.45) is 5.19. The topological polar surface area (TPSA) is 61.0 Å². The van der Waals surface area contributed by atoms with Crippen molar-refractivity contribution < 1.29 is 4.74 Å². The number of nitrogens with two attached hydrogens (primary N) is 1. The summed E-state index contributed by atoms with van der Waals surface area (Å²) in [4.78, 5) is 7.98. The van der Waals surface area contributed by atoms with E-state index in [-0.39, 0.29) is 6.10 Å². The highest BCUT2D eigenvalue weighted by Crippen LogP contribution is 2.26. The Morgan fingerprint density at radius 2 is 2.38 bits per heavy atom. The Bertz CT molecular complexity index is 284. The summed E-state index contributed by atoms with van der Waals surface area (Å²) >= 11 is 0. The molecular formula is C9H13N3O. The number of aromatic nitrogens is 2. The maximum Gasteiger partial charge on any atom is 0.220 e. The fourth-order valence-electron chi connectivity index (χ4n) is 1.54. The number of hydrogen-bond acceptors (Lipinski definition) is 4. The molecule has 1 unspecified atom stereocenters. The molecule has 0 radical (unpaired) electrons. The summed E-state index contributed by atoms with van der Waals surface area (Å²) in [5, 5.41) is 0. The molecule has 1 aromatic rings. The zero-order chi connectivity index (χ0) is 9.10. The summed E-state index contributed by atoms with van der Waals surface area (Å²) in [7, 11) is 0. The van der Waals surface area contributed by atoms with Crippen LogP contribution in [-0.4, -0.2) is 16.6 Å². The Labute approximate surface area is 77.1 Å². The quantitative estimate of drug-likeness (QED) is 0.705. The molecule has 4 nitrogen and oxygen atoms in total. The number of rotatable bonds is 1. The van der Waals surface area contributed by atoms with Gasteiger partial charge in [0, 0.05) is 12.8 Å². The lowest BCUT2D eigenvalue weighted by Crippen LogP contribution is -2.13. The lowest BCUT2D eigenvalue weighted by molar-refractivity contribution is 0.0123. The third-order valence-electron chi connectivity index (χ3n) is 2.21. The summed E-state index contributed by atoms with van der Waals surface area (Å²) in [6.45, 7) is 0.828. The number of anilines is 1. The van der Waals surface area contributed by atoms with Gasteiger partial charge in [0.2, 0.25) is 5.95 Å². The molecule has 0 saturated carbocycles. The summed E-state index contributed by atoms with van der Waals surface area (Å²) < 4.78 is 5.57. The molecule has 2 heterocycles. The molecule has 1 fully saturated rings. The minimum absolute atomic E-state index is 0.124. The molecule has 0 amide bonds. The van der Waals surface area contributed by atoms with Crippen LogP contribution in [0.5, 0.6) is 0 Å². The Morgan fingerprint density at radius 1 is 1.46 bits per heavy atom. The van der Waals surface area contributed by atoms with E-state index in [1.54, 1.807) is 6.20 Å². The molecule has 70 valence electrons. The Hall–Kier alpha value is -1.16. The van der Waals surface area contributed by atoms with Gasteiger partial charge in [-0.15, -0.1) is 0 Å². The first-order chi connectivity index (χ1) is 6.36. The predicted molar refractivity (Wildman–Crippen MR) is 49.0 cm³/mol. The van der Waals surface area contributed by atoms with Crippen LogP contribution in [0.3, 0.4) is 0 Å². The van der Waals surface area contributed by atoms with Gasteiger partial charge < -0.3 is 10.5 Å². The third kappa shape index (κ3) is 1.95. The van der Waals surface area contributed by atoms with Gasteiger partial charge in [-0.3, -0.25) is 0 Å². The van der Waals surface area contributed by atoms with Crippen LogP contribution in [-0.2, 0) is 4.74 Å². The number of hydrogen-bond donors (Lipinski definition) is 1. The van der Waals surface area contributed by atoms with E-state index in [0.29, 0.717) is 5.95 Å². The van der Waals surface area contributed by atoms with Crippen molar-refractivity contribution in [3.8, 4) is 0 Å². The molecule has 2 rings (SSSR count). The smallest absolute Gasteiger partial charge is 0.220 e. The van der Waals surface area contributed by atoms with Crippen molar-refractivity contribution in [2.45, 2.75) is 25.4 Å². The van der Waals surface area contributed by atoms with Crippen molar-refractivity contribution in [3.05, 3.63) is 18.0 Å². The Balaban J connectivity index is 2.14. The molecule has 1 aromatic heterocycles. The van der Waals surface area contributed by atoms with Crippen LogP contribution in [0.4, 0.5) is 5.95 Å². The molecule has 0 aliphatic carbocycles. The minimum atomic E-state index is 0.124. The summed E-state index contributed by atoms with van der Waals surface area (Å²) in [6, 6.07) is 1.87. The summed E-state index contributed by atoms with van der Waals surface area (Å²) in [5.41, 5.74) is 6.40. The highest BCUT2D eigenvalue weighted by molar-refractivity contribution is 5.18. The van der Waals surface area contributed by atoms with Crippen molar-refractivity contribution in [2.75, 3.05) is 12.3 Å². The first-order valence-corrected chi connectivity index (χ1v) is 4.56. The van der Waals surface area contributed by atoms with Crippen LogP contribution in [0, 0.1) is 0 Å².